The quantitative estimate of drug-likeness (QED) is 0.794. The average Bonchev–Trinajstić information content (AvgIpc) is 2.53. The van der Waals surface area contributed by atoms with E-state index in [0.717, 1.165) is 47.7 Å². The molecule has 0 amide bonds. The molecule has 2 nitrogen and oxygen atoms in total. The van der Waals surface area contributed by atoms with Crippen LogP contribution in [0.5, 0.6) is 0 Å². The molecule has 0 unspecified atom stereocenters. The molecule has 20 heavy (non-hydrogen) atoms. The van der Waals surface area contributed by atoms with Crippen LogP contribution in [0.15, 0.2) is 54.1 Å². The van der Waals surface area contributed by atoms with Crippen molar-refractivity contribution >= 4 is 18.1 Å². The molecule has 0 atom stereocenters. The standard InChI is InChI=1S/C18H14O2/c19-11-14-6-2-4-8-17(14)18-15(12-20)10-9-13-5-1-3-7-16(13)18/h1-8,11-12H,9-10H2. The lowest BCUT2D eigenvalue weighted by Gasteiger charge is -2.22. The van der Waals surface area contributed by atoms with Crippen molar-refractivity contribution in [2.45, 2.75) is 12.8 Å². The maximum Gasteiger partial charge on any atom is 0.150 e. The van der Waals surface area contributed by atoms with E-state index in [4.69, 9.17) is 0 Å². The van der Waals surface area contributed by atoms with Crippen molar-refractivity contribution in [1.29, 1.82) is 0 Å². The number of fused-ring (bicyclic) bond motifs is 1. The Hall–Kier alpha value is -2.48. The first-order valence-corrected chi connectivity index (χ1v) is 6.66. The van der Waals surface area contributed by atoms with Gasteiger partial charge in [-0.2, -0.15) is 0 Å². The van der Waals surface area contributed by atoms with Crippen molar-refractivity contribution in [3.05, 3.63) is 76.4 Å². The number of carbonyl (C=O) groups is 2. The van der Waals surface area contributed by atoms with Crippen molar-refractivity contribution in [3.63, 3.8) is 0 Å². The number of aryl methyl sites for hydroxylation is 1. The predicted octanol–water partition coefficient (Wildman–Crippen LogP) is 3.45. The summed E-state index contributed by atoms with van der Waals surface area (Å²) < 4.78 is 0. The third-order valence-corrected chi connectivity index (χ3v) is 3.77. The van der Waals surface area contributed by atoms with Crippen LogP contribution in [0.4, 0.5) is 0 Å². The third kappa shape index (κ3) is 1.99. The Balaban J connectivity index is 2.30. The zero-order chi connectivity index (χ0) is 13.9. The van der Waals surface area contributed by atoms with Gasteiger partial charge in [-0.15, -0.1) is 0 Å². The molecule has 0 spiro atoms. The van der Waals surface area contributed by atoms with E-state index in [1.165, 1.54) is 5.56 Å². The number of aldehydes is 2. The maximum atomic E-state index is 11.4. The first-order chi connectivity index (χ1) is 9.85. The van der Waals surface area contributed by atoms with E-state index in [9.17, 15) is 9.59 Å². The lowest BCUT2D eigenvalue weighted by Crippen LogP contribution is -2.08. The topological polar surface area (TPSA) is 34.1 Å². The van der Waals surface area contributed by atoms with Crippen molar-refractivity contribution in [2.24, 2.45) is 0 Å². The van der Waals surface area contributed by atoms with E-state index >= 15 is 0 Å². The van der Waals surface area contributed by atoms with Crippen molar-refractivity contribution in [2.75, 3.05) is 0 Å². The van der Waals surface area contributed by atoms with Crippen LogP contribution in [-0.2, 0) is 11.2 Å². The summed E-state index contributed by atoms with van der Waals surface area (Å²) in [6.07, 6.45) is 3.37. The second kappa shape index (κ2) is 5.25. The average molecular weight is 262 g/mol. The summed E-state index contributed by atoms with van der Waals surface area (Å²) in [5.41, 5.74) is 5.45. The van der Waals surface area contributed by atoms with Crippen molar-refractivity contribution < 1.29 is 9.59 Å². The summed E-state index contributed by atoms with van der Waals surface area (Å²) >= 11 is 0. The van der Waals surface area contributed by atoms with Crippen molar-refractivity contribution in [1.82, 2.24) is 0 Å². The van der Waals surface area contributed by atoms with Gasteiger partial charge in [-0.1, -0.05) is 48.5 Å². The SMILES string of the molecule is O=CC1=C(c2ccccc2C=O)c2ccccc2CC1. The molecule has 2 aromatic rings. The molecule has 0 heterocycles. The molecule has 2 aromatic carbocycles. The van der Waals surface area contributed by atoms with Crippen LogP contribution < -0.4 is 0 Å². The highest BCUT2D eigenvalue weighted by molar-refractivity contribution is 6.00. The molecule has 1 aliphatic rings. The zero-order valence-corrected chi connectivity index (χ0v) is 11.0. The van der Waals surface area contributed by atoms with Crippen LogP contribution in [0.25, 0.3) is 5.57 Å². The number of hydrogen-bond donors (Lipinski definition) is 0. The Morgan fingerprint density at radius 3 is 2.20 bits per heavy atom. The smallest absolute Gasteiger partial charge is 0.150 e. The van der Waals surface area contributed by atoms with Gasteiger partial charge in [0.15, 0.2) is 6.29 Å². The monoisotopic (exact) mass is 262 g/mol. The van der Waals surface area contributed by atoms with Gasteiger partial charge < -0.3 is 0 Å². The zero-order valence-electron chi connectivity index (χ0n) is 11.0. The molecular formula is C18H14O2. The highest BCUT2D eigenvalue weighted by atomic mass is 16.1. The highest BCUT2D eigenvalue weighted by Crippen LogP contribution is 2.36. The van der Waals surface area contributed by atoms with Gasteiger partial charge in [0.2, 0.25) is 0 Å². The molecular weight excluding hydrogens is 248 g/mol. The number of benzene rings is 2. The van der Waals surface area contributed by atoms with Crippen LogP contribution in [0.1, 0.15) is 33.5 Å². The van der Waals surface area contributed by atoms with Crippen LogP contribution >= 0.6 is 0 Å². The fourth-order valence-electron chi connectivity index (χ4n) is 2.81. The minimum Gasteiger partial charge on any atom is -0.298 e. The Labute approximate surface area is 117 Å². The van der Waals surface area contributed by atoms with E-state index in [2.05, 4.69) is 6.07 Å². The largest absolute Gasteiger partial charge is 0.298 e. The number of allylic oxidation sites excluding steroid dienone is 1. The Morgan fingerprint density at radius 1 is 0.750 bits per heavy atom. The highest BCUT2D eigenvalue weighted by Gasteiger charge is 2.21. The Bertz CT molecular complexity index is 711. The van der Waals surface area contributed by atoms with Crippen molar-refractivity contribution in [3.8, 4) is 0 Å². The van der Waals surface area contributed by atoms with Crippen LogP contribution in [0, 0.1) is 0 Å². The molecule has 0 fully saturated rings. The fraction of sp³-hybridized carbons (Fsp3) is 0.111. The van der Waals surface area contributed by atoms with Gasteiger partial charge in [-0.3, -0.25) is 9.59 Å². The minimum atomic E-state index is 0.624. The molecule has 0 aliphatic heterocycles. The van der Waals surface area contributed by atoms with E-state index in [1.807, 2.05) is 36.4 Å². The molecule has 0 saturated heterocycles. The molecule has 0 aromatic heterocycles. The maximum absolute atomic E-state index is 11.4. The van der Waals surface area contributed by atoms with Crippen LogP contribution in [0.3, 0.4) is 0 Å². The van der Waals surface area contributed by atoms with Crippen LogP contribution in [0.2, 0.25) is 0 Å². The first kappa shape index (κ1) is 12.5. The molecule has 0 bridgehead atoms. The minimum absolute atomic E-state index is 0.624. The van der Waals surface area contributed by atoms with Gasteiger partial charge in [0.1, 0.15) is 6.29 Å². The lowest BCUT2D eigenvalue weighted by molar-refractivity contribution is -0.105. The fourth-order valence-corrected chi connectivity index (χ4v) is 2.81. The van der Waals surface area contributed by atoms with E-state index < -0.39 is 0 Å². The lowest BCUT2D eigenvalue weighted by atomic mass is 9.81. The van der Waals surface area contributed by atoms with Crippen LogP contribution in [-0.4, -0.2) is 12.6 Å². The van der Waals surface area contributed by atoms with Gasteiger partial charge in [0, 0.05) is 11.1 Å². The Morgan fingerprint density at radius 2 is 1.45 bits per heavy atom. The summed E-state index contributed by atoms with van der Waals surface area (Å²) in [4.78, 5) is 22.7. The second-order valence-electron chi connectivity index (χ2n) is 4.88. The molecule has 98 valence electrons. The number of carbonyl (C=O) groups excluding carboxylic acids is 2. The Kier molecular flexibility index (Phi) is 3.30. The van der Waals surface area contributed by atoms with Gasteiger partial charge in [0.25, 0.3) is 0 Å². The van der Waals surface area contributed by atoms with E-state index in [0.29, 0.717) is 5.56 Å². The normalized spacial score (nSPS) is 13.8. The molecule has 2 heteroatoms. The van der Waals surface area contributed by atoms with Gasteiger partial charge in [0.05, 0.1) is 0 Å². The second-order valence-corrected chi connectivity index (χ2v) is 4.88. The summed E-state index contributed by atoms with van der Waals surface area (Å²) in [6.45, 7) is 0. The molecule has 3 rings (SSSR count). The van der Waals surface area contributed by atoms with E-state index in [-0.39, 0.29) is 0 Å². The van der Waals surface area contributed by atoms with Gasteiger partial charge in [-0.25, -0.2) is 0 Å². The summed E-state index contributed by atoms with van der Waals surface area (Å²) in [6, 6.07) is 15.5. The molecule has 0 N–H and O–H groups in total. The number of rotatable bonds is 3. The van der Waals surface area contributed by atoms with E-state index in [1.54, 1.807) is 6.07 Å². The number of hydrogen-bond acceptors (Lipinski definition) is 2. The first-order valence-electron chi connectivity index (χ1n) is 6.66. The summed E-state index contributed by atoms with van der Waals surface area (Å²) in [5.74, 6) is 0. The van der Waals surface area contributed by atoms with Gasteiger partial charge in [-0.05, 0) is 35.1 Å². The molecule has 0 radical (unpaired) electrons. The molecule has 0 saturated carbocycles. The molecule has 1 aliphatic carbocycles. The summed E-state index contributed by atoms with van der Waals surface area (Å²) in [5, 5.41) is 0. The predicted molar refractivity (Wildman–Crippen MR) is 78.7 cm³/mol. The van der Waals surface area contributed by atoms with Gasteiger partial charge >= 0.3 is 0 Å². The third-order valence-electron chi connectivity index (χ3n) is 3.77. The summed E-state index contributed by atoms with van der Waals surface area (Å²) in [7, 11) is 0.